The molecule has 0 radical (unpaired) electrons. The molecule has 1 atom stereocenters. The second-order valence-electron chi connectivity index (χ2n) is 2.67. The molecule has 78 valence electrons. The summed E-state index contributed by atoms with van der Waals surface area (Å²) >= 11 is 0. The molecule has 0 aliphatic carbocycles. The summed E-state index contributed by atoms with van der Waals surface area (Å²) in [5.41, 5.74) is 0.594. The summed E-state index contributed by atoms with van der Waals surface area (Å²) in [6, 6.07) is 0. The van der Waals surface area contributed by atoms with Crippen LogP contribution in [0.25, 0.3) is 0 Å². The van der Waals surface area contributed by atoms with Gasteiger partial charge in [-0.05, 0) is 12.5 Å². The average molecular weight is 190 g/mol. The lowest BCUT2D eigenvalue weighted by molar-refractivity contribution is -0.0895. The third kappa shape index (κ3) is 7.93. The largest absolute Gasteiger partial charge is 0.382 e. The quantitative estimate of drug-likeness (QED) is 0.345. The van der Waals surface area contributed by atoms with Crippen molar-refractivity contribution in [2.24, 2.45) is 0 Å². The Hall–Kier alpha value is -0.420. The number of methoxy groups -OCH3 is 1. The Balaban J connectivity index is 3.11. The maximum atomic E-state index is 9.13. The van der Waals surface area contributed by atoms with E-state index in [1.807, 2.05) is 0 Å². The average Bonchev–Trinajstić information content (AvgIpc) is 2.10. The first-order valence-electron chi connectivity index (χ1n) is 4.20. The van der Waals surface area contributed by atoms with Crippen molar-refractivity contribution in [2.75, 3.05) is 33.5 Å². The lowest BCUT2D eigenvalue weighted by Crippen LogP contribution is -2.17. The smallest absolute Gasteiger partial charge is 0.176 e. The highest BCUT2D eigenvalue weighted by molar-refractivity contribution is 4.91. The molecule has 0 heterocycles. The lowest BCUT2D eigenvalue weighted by atomic mass is 10.3. The van der Waals surface area contributed by atoms with E-state index in [1.165, 1.54) is 0 Å². The van der Waals surface area contributed by atoms with Crippen LogP contribution in [0.5, 0.6) is 0 Å². The topological polar surface area (TPSA) is 47.9 Å². The van der Waals surface area contributed by atoms with E-state index in [4.69, 9.17) is 19.3 Å². The Labute approximate surface area is 79.1 Å². The van der Waals surface area contributed by atoms with Gasteiger partial charge in [0, 0.05) is 7.11 Å². The third-order valence-corrected chi connectivity index (χ3v) is 1.36. The van der Waals surface area contributed by atoms with E-state index in [1.54, 1.807) is 14.0 Å². The van der Waals surface area contributed by atoms with E-state index >= 15 is 0 Å². The van der Waals surface area contributed by atoms with Gasteiger partial charge in [-0.2, -0.15) is 0 Å². The fraction of sp³-hybridized carbons (Fsp3) is 0.778. The molecule has 0 bridgehead atoms. The van der Waals surface area contributed by atoms with E-state index in [2.05, 4.69) is 6.58 Å². The second kappa shape index (κ2) is 8.19. The molecule has 0 spiro atoms. The Bertz CT molecular complexity index is 136. The van der Waals surface area contributed by atoms with Crippen LogP contribution in [0.4, 0.5) is 0 Å². The van der Waals surface area contributed by atoms with Crippen molar-refractivity contribution >= 4 is 0 Å². The van der Waals surface area contributed by atoms with Crippen LogP contribution < -0.4 is 0 Å². The predicted octanol–water partition coefficient (Wildman–Crippen LogP) is 0.560. The van der Waals surface area contributed by atoms with E-state index in [0.29, 0.717) is 32.0 Å². The summed E-state index contributed by atoms with van der Waals surface area (Å²) in [4.78, 5) is 0. The van der Waals surface area contributed by atoms with E-state index in [0.717, 1.165) is 0 Å². The summed E-state index contributed by atoms with van der Waals surface area (Å²) in [5.74, 6) is 0. The molecule has 13 heavy (non-hydrogen) atoms. The van der Waals surface area contributed by atoms with Gasteiger partial charge in [-0.25, -0.2) is 0 Å². The van der Waals surface area contributed by atoms with Crippen LogP contribution in [0.1, 0.15) is 6.92 Å². The van der Waals surface area contributed by atoms with Crippen molar-refractivity contribution in [3.05, 3.63) is 12.2 Å². The van der Waals surface area contributed by atoms with Gasteiger partial charge in [0.1, 0.15) is 0 Å². The SMILES string of the molecule is C=C(C)C(O)OCCOCCOC. The molecule has 0 saturated carbocycles. The third-order valence-electron chi connectivity index (χ3n) is 1.36. The zero-order valence-electron chi connectivity index (χ0n) is 8.28. The minimum absolute atomic E-state index is 0.359. The maximum Gasteiger partial charge on any atom is 0.176 e. The van der Waals surface area contributed by atoms with Gasteiger partial charge in [-0.15, -0.1) is 0 Å². The molecule has 0 aliphatic heterocycles. The number of aliphatic hydroxyl groups excluding tert-OH is 1. The van der Waals surface area contributed by atoms with Crippen LogP contribution in [-0.2, 0) is 14.2 Å². The normalized spacial score (nSPS) is 12.8. The minimum atomic E-state index is -0.883. The van der Waals surface area contributed by atoms with E-state index in [9.17, 15) is 0 Å². The van der Waals surface area contributed by atoms with Gasteiger partial charge >= 0.3 is 0 Å². The van der Waals surface area contributed by atoms with Crippen LogP contribution in [0, 0.1) is 0 Å². The van der Waals surface area contributed by atoms with Gasteiger partial charge in [0.05, 0.1) is 26.4 Å². The molecule has 0 rings (SSSR count). The summed E-state index contributed by atoms with van der Waals surface area (Å²) in [6.45, 7) is 7.18. The monoisotopic (exact) mass is 190 g/mol. The van der Waals surface area contributed by atoms with Gasteiger partial charge in [0.25, 0.3) is 0 Å². The first-order chi connectivity index (χ1) is 6.18. The first-order valence-corrected chi connectivity index (χ1v) is 4.20. The molecule has 0 aromatic carbocycles. The Morgan fingerprint density at radius 2 is 1.92 bits per heavy atom. The highest BCUT2D eigenvalue weighted by Gasteiger charge is 2.02. The number of aliphatic hydroxyl groups is 1. The van der Waals surface area contributed by atoms with Crippen molar-refractivity contribution < 1.29 is 19.3 Å². The minimum Gasteiger partial charge on any atom is -0.382 e. The Kier molecular flexibility index (Phi) is 7.93. The van der Waals surface area contributed by atoms with Gasteiger partial charge < -0.3 is 19.3 Å². The van der Waals surface area contributed by atoms with Crippen molar-refractivity contribution in [3.8, 4) is 0 Å². The van der Waals surface area contributed by atoms with Crippen LogP contribution in [0.2, 0.25) is 0 Å². The number of hydrogen-bond donors (Lipinski definition) is 1. The van der Waals surface area contributed by atoms with Crippen molar-refractivity contribution in [2.45, 2.75) is 13.2 Å². The summed E-state index contributed by atoms with van der Waals surface area (Å²) in [6.07, 6.45) is -0.883. The predicted molar refractivity (Wildman–Crippen MR) is 49.5 cm³/mol. The lowest BCUT2D eigenvalue weighted by Gasteiger charge is -2.11. The van der Waals surface area contributed by atoms with Gasteiger partial charge in [-0.1, -0.05) is 6.58 Å². The summed E-state index contributed by atoms with van der Waals surface area (Å²) in [7, 11) is 1.62. The number of hydrogen-bond acceptors (Lipinski definition) is 4. The van der Waals surface area contributed by atoms with E-state index in [-0.39, 0.29) is 0 Å². The van der Waals surface area contributed by atoms with Gasteiger partial charge in [0.2, 0.25) is 0 Å². The van der Waals surface area contributed by atoms with E-state index < -0.39 is 6.29 Å². The molecule has 0 amide bonds. The molecule has 1 N–H and O–H groups in total. The van der Waals surface area contributed by atoms with Gasteiger partial charge in [0.15, 0.2) is 6.29 Å². The van der Waals surface area contributed by atoms with Crippen molar-refractivity contribution in [1.29, 1.82) is 0 Å². The molecule has 4 heteroatoms. The van der Waals surface area contributed by atoms with Gasteiger partial charge in [-0.3, -0.25) is 0 Å². The Morgan fingerprint density at radius 1 is 1.31 bits per heavy atom. The van der Waals surface area contributed by atoms with Crippen molar-refractivity contribution in [3.63, 3.8) is 0 Å². The second-order valence-corrected chi connectivity index (χ2v) is 2.67. The first kappa shape index (κ1) is 12.6. The van der Waals surface area contributed by atoms with Crippen LogP contribution >= 0.6 is 0 Å². The molecule has 4 nitrogen and oxygen atoms in total. The standard InChI is InChI=1S/C9H18O4/c1-8(2)9(10)13-7-6-12-5-4-11-3/h9-10H,1,4-7H2,2-3H3. The zero-order valence-corrected chi connectivity index (χ0v) is 8.28. The molecule has 0 aromatic heterocycles. The molecule has 0 aromatic rings. The Morgan fingerprint density at radius 3 is 2.46 bits per heavy atom. The zero-order chi connectivity index (χ0) is 10.1. The highest BCUT2D eigenvalue weighted by atomic mass is 16.6. The molecular formula is C9H18O4. The molecule has 1 unspecified atom stereocenters. The maximum absolute atomic E-state index is 9.13. The number of rotatable bonds is 8. The van der Waals surface area contributed by atoms with Crippen molar-refractivity contribution in [1.82, 2.24) is 0 Å². The molecule has 0 fully saturated rings. The molecule has 0 aliphatic rings. The summed E-state index contributed by atoms with van der Waals surface area (Å²) in [5, 5.41) is 9.13. The highest BCUT2D eigenvalue weighted by Crippen LogP contribution is 1.98. The molecular weight excluding hydrogens is 172 g/mol. The number of ether oxygens (including phenoxy) is 3. The van der Waals surface area contributed by atoms with Crippen LogP contribution in [0.3, 0.4) is 0 Å². The fourth-order valence-electron chi connectivity index (χ4n) is 0.605. The molecule has 0 saturated heterocycles. The van der Waals surface area contributed by atoms with Crippen LogP contribution in [0.15, 0.2) is 12.2 Å². The van der Waals surface area contributed by atoms with Crippen LogP contribution in [-0.4, -0.2) is 44.9 Å². The fourth-order valence-corrected chi connectivity index (χ4v) is 0.605. The summed E-state index contributed by atoms with van der Waals surface area (Å²) < 4.78 is 14.9.